The normalized spacial score (nSPS) is 21.8. The van der Waals surface area contributed by atoms with Gasteiger partial charge in [-0.1, -0.05) is 20.3 Å². The highest BCUT2D eigenvalue weighted by molar-refractivity contribution is 5.85. The van der Waals surface area contributed by atoms with Gasteiger partial charge in [-0.05, 0) is 25.2 Å². The largest absolute Gasteiger partial charge is 0.342 e. The van der Waals surface area contributed by atoms with E-state index in [-0.39, 0.29) is 30.1 Å². The Morgan fingerprint density at radius 1 is 0.958 bits per heavy atom. The zero-order valence-electron chi connectivity index (χ0n) is 15.1. The van der Waals surface area contributed by atoms with Crippen molar-refractivity contribution >= 4 is 24.2 Å². The van der Waals surface area contributed by atoms with Crippen molar-refractivity contribution in [3.8, 4) is 0 Å². The van der Waals surface area contributed by atoms with Crippen molar-refractivity contribution in [2.24, 2.45) is 11.7 Å². The van der Waals surface area contributed by atoms with E-state index in [0.29, 0.717) is 19.6 Å². The number of amides is 2. The lowest BCUT2D eigenvalue weighted by atomic mass is 9.98. The maximum absolute atomic E-state index is 12.4. The second kappa shape index (κ2) is 10.2. The predicted octanol–water partition coefficient (Wildman–Crippen LogP) is 0.938. The van der Waals surface area contributed by atoms with Gasteiger partial charge in [0.2, 0.25) is 11.8 Å². The molecular weight excluding hydrogens is 328 g/mol. The molecule has 0 bridgehead atoms. The molecule has 2 aliphatic heterocycles. The van der Waals surface area contributed by atoms with Gasteiger partial charge in [-0.3, -0.25) is 14.5 Å². The van der Waals surface area contributed by atoms with Crippen molar-refractivity contribution in [1.29, 1.82) is 0 Å². The summed E-state index contributed by atoms with van der Waals surface area (Å²) in [5.41, 5.74) is 6.05. The van der Waals surface area contributed by atoms with Gasteiger partial charge in [0.15, 0.2) is 0 Å². The van der Waals surface area contributed by atoms with Crippen LogP contribution in [-0.4, -0.2) is 78.4 Å². The summed E-state index contributed by atoms with van der Waals surface area (Å²) in [4.78, 5) is 30.7. The molecule has 0 aromatic rings. The number of carbonyl (C=O) groups excluding carboxylic acids is 2. The number of hydrogen-bond acceptors (Lipinski definition) is 4. The van der Waals surface area contributed by atoms with E-state index in [1.54, 1.807) is 0 Å². The number of piperazine rings is 1. The fourth-order valence-electron chi connectivity index (χ4n) is 3.27. The lowest BCUT2D eigenvalue weighted by Gasteiger charge is -2.37. The lowest BCUT2D eigenvalue weighted by Crippen LogP contribution is -2.56. The van der Waals surface area contributed by atoms with Gasteiger partial charge in [0.1, 0.15) is 0 Å². The Bertz CT molecular complexity index is 407. The molecule has 2 aliphatic rings. The van der Waals surface area contributed by atoms with Crippen molar-refractivity contribution in [2.75, 3.05) is 45.8 Å². The lowest BCUT2D eigenvalue weighted by molar-refractivity contribution is -0.137. The van der Waals surface area contributed by atoms with E-state index in [4.69, 9.17) is 5.73 Å². The fourth-order valence-corrected chi connectivity index (χ4v) is 3.27. The van der Waals surface area contributed by atoms with Crippen LogP contribution in [0.4, 0.5) is 0 Å². The Morgan fingerprint density at radius 2 is 1.54 bits per heavy atom. The Hall–Kier alpha value is -0.850. The molecule has 0 aromatic carbocycles. The third-order valence-electron chi connectivity index (χ3n) is 5.29. The first-order valence-electron chi connectivity index (χ1n) is 9.07. The Morgan fingerprint density at radius 3 is 2.08 bits per heavy atom. The summed E-state index contributed by atoms with van der Waals surface area (Å²) in [5, 5.41) is 0. The minimum absolute atomic E-state index is 0. The average molecular weight is 361 g/mol. The van der Waals surface area contributed by atoms with Crippen LogP contribution in [0, 0.1) is 5.92 Å². The number of rotatable bonds is 5. The smallest absolute Gasteiger partial charge is 0.239 e. The van der Waals surface area contributed by atoms with E-state index in [0.717, 1.165) is 45.4 Å². The van der Waals surface area contributed by atoms with Crippen LogP contribution in [0.3, 0.4) is 0 Å². The molecule has 2 atom stereocenters. The molecule has 0 saturated carbocycles. The van der Waals surface area contributed by atoms with Crippen molar-refractivity contribution in [3.05, 3.63) is 0 Å². The van der Waals surface area contributed by atoms with E-state index in [9.17, 15) is 9.59 Å². The predicted molar refractivity (Wildman–Crippen MR) is 98.1 cm³/mol. The molecule has 7 heteroatoms. The molecule has 2 amide bonds. The topological polar surface area (TPSA) is 69.9 Å². The van der Waals surface area contributed by atoms with E-state index >= 15 is 0 Å². The quantitative estimate of drug-likeness (QED) is 0.792. The molecule has 0 aromatic heterocycles. The monoisotopic (exact) mass is 360 g/mol. The second-order valence-corrected chi connectivity index (χ2v) is 6.95. The second-order valence-electron chi connectivity index (χ2n) is 6.95. The van der Waals surface area contributed by atoms with E-state index < -0.39 is 6.04 Å². The number of likely N-dealkylation sites (tertiary alicyclic amines) is 1. The third-order valence-corrected chi connectivity index (χ3v) is 5.29. The Kier molecular flexibility index (Phi) is 9.02. The van der Waals surface area contributed by atoms with Gasteiger partial charge in [-0.2, -0.15) is 0 Å². The summed E-state index contributed by atoms with van der Waals surface area (Å²) in [6.07, 6.45) is 4.40. The SMILES string of the molecule is CCC(C)C(N)C(=O)N1CCN(CC(=O)N2CCCCC2)CC1.Cl. The molecule has 2 fully saturated rings. The summed E-state index contributed by atoms with van der Waals surface area (Å²) < 4.78 is 0. The van der Waals surface area contributed by atoms with Gasteiger partial charge >= 0.3 is 0 Å². The van der Waals surface area contributed by atoms with Gasteiger partial charge in [0.05, 0.1) is 12.6 Å². The van der Waals surface area contributed by atoms with Gasteiger partial charge in [0, 0.05) is 39.3 Å². The van der Waals surface area contributed by atoms with E-state index in [2.05, 4.69) is 11.8 Å². The molecule has 2 unspecified atom stereocenters. The van der Waals surface area contributed by atoms with Crippen molar-refractivity contribution < 1.29 is 9.59 Å². The van der Waals surface area contributed by atoms with Crippen molar-refractivity contribution in [2.45, 2.75) is 45.6 Å². The van der Waals surface area contributed by atoms with Crippen LogP contribution in [0.1, 0.15) is 39.5 Å². The van der Waals surface area contributed by atoms with Crippen LogP contribution < -0.4 is 5.73 Å². The molecule has 2 N–H and O–H groups in total. The van der Waals surface area contributed by atoms with Crippen molar-refractivity contribution in [1.82, 2.24) is 14.7 Å². The van der Waals surface area contributed by atoms with Gasteiger partial charge in [-0.15, -0.1) is 12.4 Å². The highest BCUT2D eigenvalue weighted by Gasteiger charge is 2.29. The van der Waals surface area contributed by atoms with Gasteiger partial charge < -0.3 is 15.5 Å². The zero-order chi connectivity index (χ0) is 16.8. The number of carbonyl (C=O) groups is 2. The third kappa shape index (κ3) is 5.60. The first-order chi connectivity index (χ1) is 11.0. The van der Waals surface area contributed by atoms with E-state index in [1.807, 2.05) is 16.7 Å². The van der Waals surface area contributed by atoms with Crippen LogP contribution in [0.2, 0.25) is 0 Å². The van der Waals surface area contributed by atoms with Crippen LogP contribution in [0.15, 0.2) is 0 Å². The van der Waals surface area contributed by atoms with Crippen LogP contribution in [0.25, 0.3) is 0 Å². The summed E-state index contributed by atoms with van der Waals surface area (Å²) in [7, 11) is 0. The highest BCUT2D eigenvalue weighted by atomic mass is 35.5. The molecule has 140 valence electrons. The number of hydrogen-bond donors (Lipinski definition) is 1. The van der Waals surface area contributed by atoms with Crippen molar-refractivity contribution in [3.63, 3.8) is 0 Å². The minimum atomic E-state index is -0.401. The summed E-state index contributed by atoms with van der Waals surface area (Å²) >= 11 is 0. The number of nitrogens with zero attached hydrogens (tertiary/aromatic N) is 3. The van der Waals surface area contributed by atoms with E-state index in [1.165, 1.54) is 6.42 Å². The molecule has 0 spiro atoms. The van der Waals surface area contributed by atoms with Crippen LogP contribution in [-0.2, 0) is 9.59 Å². The molecule has 0 radical (unpaired) electrons. The summed E-state index contributed by atoms with van der Waals surface area (Å²) in [6, 6.07) is -0.401. The number of nitrogens with two attached hydrogens (primary N) is 1. The molecule has 6 nitrogen and oxygen atoms in total. The standard InChI is InChI=1S/C17H32N4O2.ClH/c1-3-14(2)16(18)17(23)21-11-9-19(10-12-21)13-15(22)20-7-5-4-6-8-20;/h14,16H,3-13,18H2,1-2H3;1H. The summed E-state index contributed by atoms with van der Waals surface area (Å²) in [6.45, 7) is 9.25. The Balaban J connectivity index is 0.00000288. The van der Waals surface area contributed by atoms with Crippen LogP contribution in [0.5, 0.6) is 0 Å². The highest BCUT2D eigenvalue weighted by Crippen LogP contribution is 2.12. The molecule has 2 rings (SSSR count). The first-order valence-corrected chi connectivity index (χ1v) is 9.07. The zero-order valence-corrected chi connectivity index (χ0v) is 15.9. The molecule has 0 aliphatic carbocycles. The maximum atomic E-state index is 12.4. The molecule has 24 heavy (non-hydrogen) atoms. The number of halogens is 1. The maximum Gasteiger partial charge on any atom is 0.239 e. The van der Waals surface area contributed by atoms with Crippen LogP contribution >= 0.6 is 12.4 Å². The van der Waals surface area contributed by atoms with Gasteiger partial charge in [0.25, 0.3) is 0 Å². The molecule has 2 saturated heterocycles. The molecular formula is C17H33ClN4O2. The first kappa shape index (κ1) is 21.2. The fraction of sp³-hybridized carbons (Fsp3) is 0.882. The van der Waals surface area contributed by atoms with Gasteiger partial charge in [-0.25, -0.2) is 0 Å². The Labute approximate surface area is 152 Å². The summed E-state index contributed by atoms with van der Waals surface area (Å²) in [5.74, 6) is 0.503. The molecule has 2 heterocycles. The average Bonchev–Trinajstić information content (AvgIpc) is 2.61. The minimum Gasteiger partial charge on any atom is -0.342 e. The number of piperidine rings is 1.